The normalized spacial score (nSPS) is 14.6. The molecule has 6 heteroatoms. The fourth-order valence-corrected chi connectivity index (χ4v) is 3.08. The Kier molecular flexibility index (Phi) is 6.29. The minimum absolute atomic E-state index is 0.570. The zero-order chi connectivity index (χ0) is 19.1. The summed E-state index contributed by atoms with van der Waals surface area (Å²) in [6, 6.07) is 17.7. The molecule has 1 aliphatic rings. The fraction of sp³-hybridized carbons (Fsp3) is 0.333. The van der Waals surface area contributed by atoms with Gasteiger partial charge in [-0.2, -0.15) is 5.26 Å². The number of ether oxygens (including phenoxy) is 1. The average molecular weight is 365 g/mol. The van der Waals surface area contributed by atoms with Crippen LogP contribution in [0.25, 0.3) is 0 Å². The standard InChI is InChI=1S/C21H23N3O3/c22-15-18-5-7-20(8-6-18)27-14-9-17-1-3-19(4-2-17)16-23-10-12-24(13-11-23)21(25)26/h1-8H,9-14,16H2,(H,25,26). The van der Waals surface area contributed by atoms with E-state index in [1.54, 1.807) is 12.1 Å². The number of nitriles is 1. The van der Waals surface area contributed by atoms with Gasteiger partial charge in [-0.1, -0.05) is 24.3 Å². The van der Waals surface area contributed by atoms with Crippen molar-refractivity contribution in [2.45, 2.75) is 13.0 Å². The lowest BCUT2D eigenvalue weighted by atomic mass is 10.1. The molecule has 3 rings (SSSR count). The second-order valence-electron chi connectivity index (χ2n) is 6.60. The van der Waals surface area contributed by atoms with Crippen molar-refractivity contribution in [2.24, 2.45) is 0 Å². The zero-order valence-electron chi connectivity index (χ0n) is 15.2. The first-order valence-electron chi connectivity index (χ1n) is 9.05. The molecule has 0 aliphatic carbocycles. The first-order valence-corrected chi connectivity index (χ1v) is 9.05. The number of rotatable bonds is 6. The Balaban J connectivity index is 1.42. The summed E-state index contributed by atoms with van der Waals surface area (Å²) >= 11 is 0. The molecule has 0 atom stereocenters. The Morgan fingerprint density at radius 2 is 1.63 bits per heavy atom. The molecule has 1 heterocycles. The SMILES string of the molecule is N#Cc1ccc(OCCc2ccc(CN3CCN(C(=O)O)CC3)cc2)cc1. The first kappa shape index (κ1) is 18.7. The Morgan fingerprint density at radius 3 is 2.22 bits per heavy atom. The molecule has 2 aromatic rings. The number of nitrogens with zero attached hydrogens (tertiary/aromatic N) is 3. The maximum Gasteiger partial charge on any atom is 0.407 e. The van der Waals surface area contributed by atoms with Crippen LogP contribution in [0.2, 0.25) is 0 Å². The zero-order valence-corrected chi connectivity index (χ0v) is 15.2. The third kappa shape index (κ3) is 5.47. The van der Waals surface area contributed by atoms with Crippen LogP contribution in [-0.4, -0.2) is 53.8 Å². The second-order valence-corrected chi connectivity index (χ2v) is 6.60. The maximum atomic E-state index is 10.9. The van der Waals surface area contributed by atoms with E-state index in [4.69, 9.17) is 15.1 Å². The van der Waals surface area contributed by atoms with E-state index >= 15 is 0 Å². The maximum absolute atomic E-state index is 10.9. The van der Waals surface area contributed by atoms with Gasteiger partial charge >= 0.3 is 6.09 Å². The van der Waals surface area contributed by atoms with Gasteiger partial charge in [-0.05, 0) is 35.4 Å². The molecule has 0 spiro atoms. The molecule has 0 bridgehead atoms. The van der Waals surface area contributed by atoms with Gasteiger partial charge in [0.2, 0.25) is 0 Å². The van der Waals surface area contributed by atoms with Gasteiger partial charge < -0.3 is 14.7 Å². The van der Waals surface area contributed by atoms with E-state index < -0.39 is 6.09 Å². The monoisotopic (exact) mass is 365 g/mol. The Morgan fingerprint density at radius 1 is 1.00 bits per heavy atom. The molecule has 1 fully saturated rings. The molecule has 6 nitrogen and oxygen atoms in total. The van der Waals surface area contributed by atoms with Gasteiger partial charge in [-0.25, -0.2) is 4.79 Å². The lowest BCUT2D eigenvalue weighted by Crippen LogP contribution is -2.47. The van der Waals surface area contributed by atoms with Gasteiger partial charge in [0.25, 0.3) is 0 Å². The molecule has 1 N–H and O–H groups in total. The van der Waals surface area contributed by atoms with Crippen LogP contribution in [0, 0.1) is 11.3 Å². The van der Waals surface area contributed by atoms with E-state index in [9.17, 15) is 4.79 Å². The second kappa shape index (κ2) is 9.06. The summed E-state index contributed by atoms with van der Waals surface area (Å²) in [6.07, 6.45) is -0.0142. The highest BCUT2D eigenvalue weighted by molar-refractivity contribution is 5.65. The fourth-order valence-electron chi connectivity index (χ4n) is 3.08. The van der Waals surface area contributed by atoms with Crippen LogP contribution >= 0.6 is 0 Å². The average Bonchev–Trinajstić information content (AvgIpc) is 2.70. The van der Waals surface area contributed by atoms with Crippen LogP contribution in [0.5, 0.6) is 5.75 Å². The quantitative estimate of drug-likeness (QED) is 0.852. The number of carboxylic acid groups (broad SMARTS) is 1. The lowest BCUT2D eigenvalue weighted by molar-refractivity contribution is 0.103. The molecule has 0 aromatic heterocycles. The van der Waals surface area contributed by atoms with E-state index in [-0.39, 0.29) is 0 Å². The van der Waals surface area contributed by atoms with Crippen LogP contribution in [0.3, 0.4) is 0 Å². The molecule has 0 radical (unpaired) electrons. The molecule has 1 aliphatic heterocycles. The van der Waals surface area contributed by atoms with E-state index in [1.165, 1.54) is 16.0 Å². The van der Waals surface area contributed by atoms with Gasteiger partial charge in [-0.15, -0.1) is 0 Å². The third-order valence-corrected chi connectivity index (χ3v) is 4.71. The van der Waals surface area contributed by atoms with Crippen LogP contribution in [-0.2, 0) is 13.0 Å². The van der Waals surface area contributed by atoms with Crippen molar-refractivity contribution >= 4 is 6.09 Å². The molecule has 1 saturated heterocycles. The van der Waals surface area contributed by atoms with Crippen molar-refractivity contribution in [1.29, 1.82) is 5.26 Å². The molecule has 2 aromatic carbocycles. The Labute approximate surface area is 159 Å². The van der Waals surface area contributed by atoms with Crippen LogP contribution in [0.1, 0.15) is 16.7 Å². The van der Waals surface area contributed by atoms with Gasteiger partial charge in [0, 0.05) is 39.1 Å². The Hall–Kier alpha value is -3.04. The van der Waals surface area contributed by atoms with Crippen LogP contribution < -0.4 is 4.74 Å². The van der Waals surface area contributed by atoms with Crippen LogP contribution in [0.4, 0.5) is 4.79 Å². The summed E-state index contributed by atoms with van der Waals surface area (Å²) in [5.74, 6) is 0.770. The number of hydrogen-bond acceptors (Lipinski definition) is 4. The highest BCUT2D eigenvalue weighted by Crippen LogP contribution is 2.14. The predicted molar refractivity (Wildman–Crippen MR) is 102 cm³/mol. The minimum atomic E-state index is -0.831. The predicted octanol–water partition coefficient (Wildman–Crippen LogP) is 2.98. The Bertz CT molecular complexity index is 789. The molecule has 27 heavy (non-hydrogen) atoms. The number of hydrogen-bond donors (Lipinski definition) is 1. The molecular formula is C21H23N3O3. The summed E-state index contributed by atoms with van der Waals surface area (Å²) in [7, 11) is 0. The number of carbonyl (C=O) groups is 1. The summed E-state index contributed by atoms with van der Waals surface area (Å²) in [5, 5.41) is 17.8. The number of piperazine rings is 1. The minimum Gasteiger partial charge on any atom is -0.493 e. The van der Waals surface area contributed by atoms with Gasteiger partial charge in [0.1, 0.15) is 5.75 Å². The van der Waals surface area contributed by atoms with Crippen molar-refractivity contribution in [3.63, 3.8) is 0 Å². The summed E-state index contributed by atoms with van der Waals surface area (Å²) in [5.41, 5.74) is 3.07. The van der Waals surface area contributed by atoms with E-state index in [0.717, 1.165) is 31.8 Å². The number of amides is 1. The molecule has 0 unspecified atom stereocenters. The van der Waals surface area contributed by atoms with E-state index in [0.29, 0.717) is 25.3 Å². The molecular weight excluding hydrogens is 342 g/mol. The van der Waals surface area contributed by atoms with Crippen molar-refractivity contribution in [3.05, 3.63) is 65.2 Å². The molecule has 140 valence electrons. The largest absolute Gasteiger partial charge is 0.493 e. The van der Waals surface area contributed by atoms with Crippen molar-refractivity contribution in [2.75, 3.05) is 32.8 Å². The van der Waals surface area contributed by atoms with Gasteiger partial charge in [-0.3, -0.25) is 4.90 Å². The topological polar surface area (TPSA) is 76.8 Å². The van der Waals surface area contributed by atoms with Crippen LogP contribution in [0.15, 0.2) is 48.5 Å². The molecule has 0 saturated carbocycles. The lowest BCUT2D eigenvalue weighted by Gasteiger charge is -2.33. The highest BCUT2D eigenvalue weighted by Gasteiger charge is 2.20. The van der Waals surface area contributed by atoms with Crippen molar-refractivity contribution in [1.82, 2.24) is 9.80 Å². The smallest absolute Gasteiger partial charge is 0.407 e. The van der Waals surface area contributed by atoms with E-state index in [2.05, 4.69) is 35.2 Å². The summed E-state index contributed by atoms with van der Waals surface area (Å²) in [4.78, 5) is 14.7. The first-order chi connectivity index (χ1) is 13.1. The summed E-state index contributed by atoms with van der Waals surface area (Å²) < 4.78 is 5.72. The molecule has 1 amide bonds. The van der Waals surface area contributed by atoms with Gasteiger partial charge in [0.05, 0.1) is 18.2 Å². The number of benzene rings is 2. The van der Waals surface area contributed by atoms with Gasteiger partial charge in [0.15, 0.2) is 0 Å². The third-order valence-electron chi connectivity index (χ3n) is 4.71. The van der Waals surface area contributed by atoms with Crippen molar-refractivity contribution < 1.29 is 14.6 Å². The summed E-state index contributed by atoms with van der Waals surface area (Å²) in [6.45, 7) is 4.11. The van der Waals surface area contributed by atoms with Crippen molar-refractivity contribution in [3.8, 4) is 11.8 Å². The highest BCUT2D eigenvalue weighted by atomic mass is 16.5. The van der Waals surface area contributed by atoms with E-state index in [1.807, 2.05) is 12.1 Å².